The van der Waals surface area contributed by atoms with Gasteiger partial charge in [-0.1, -0.05) is 41.6 Å². The van der Waals surface area contributed by atoms with Gasteiger partial charge in [0.1, 0.15) is 11.5 Å². The molecule has 2 aliphatic rings. The van der Waals surface area contributed by atoms with Crippen LogP contribution in [0, 0.1) is 32.0 Å². The van der Waals surface area contributed by atoms with Gasteiger partial charge in [0.25, 0.3) is 5.91 Å². The van der Waals surface area contributed by atoms with Gasteiger partial charge in [-0.25, -0.2) is 9.02 Å². The molecule has 1 spiro atoms. The topological polar surface area (TPSA) is 94.1 Å². The molecular weight excluding hydrogens is 509 g/mol. The lowest BCUT2D eigenvalue weighted by Crippen LogP contribution is -2.48. The van der Waals surface area contributed by atoms with E-state index in [4.69, 9.17) is 4.63 Å². The first-order valence-electron chi connectivity index (χ1n) is 13.6. The predicted molar refractivity (Wildman–Crippen MR) is 146 cm³/mol. The second kappa shape index (κ2) is 9.50. The summed E-state index contributed by atoms with van der Waals surface area (Å²) in [5.41, 5.74) is 6.61. The van der Waals surface area contributed by atoms with Gasteiger partial charge in [0.15, 0.2) is 11.5 Å². The number of aryl methyl sites for hydroxylation is 3. The van der Waals surface area contributed by atoms with Crippen LogP contribution in [0.1, 0.15) is 63.0 Å². The van der Waals surface area contributed by atoms with Crippen LogP contribution in [-0.4, -0.2) is 49.8 Å². The number of carbonyl (C=O) groups is 2. The quantitative estimate of drug-likeness (QED) is 0.330. The molecule has 2 atom stereocenters. The molecule has 2 aromatic carbocycles. The van der Waals surface area contributed by atoms with Gasteiger partial charge in [0, 0.05) is 37.7 Å². The molecule has 40 heavy (non-hydrogen) atoms. The fraction of sp³-hybridized carbons (Fsp3) is 0.387. The molecule has 9 heteroatoms. The third-order valence-corrected chi connectivity index (χ3v) is 8.92. The van der Waals surface area contributed by atoms with E-state index < -0.39 is 17.9 Å². The minimum atomic E-state index is -0.869. The van der Waals surface area contributed by atoms with E-state index in [-0.39, 0.29) is 29.1 Å². The van der Waals surface area contributed by atoms with Gasteiger partial charge in [-0.05, 0) is 78.9 Å². The summed E-state index contributed by atoms with van der Waals surface area (Å²) in [5.74, 6) is -1.37. The largest absolute Gasteiger partial charge is 0.329 e. The van der Waals surface area contributed by atoms with Gasteiger partial charge in [0.2, 0.25) is 0 Å². The maximum atomic E-state index is 15.4. The highest BCUT2D eigenvalue weighted by Crippen LogP contribution is 2.65. The number of amides is 1. The maximum absolute atomic E-state index is 15.4. The Bertz CT molecular complexity index is 1630. The van der Waals surface area contributed by atoms with Crippen molar-refractivity contribution in [1.29, 1.82) is 0 Å². The Kier molecular flexibility index (Phi) is 6.20. The summed E-state index contributed by atoms with van der Waals surface area (Å²) in [6.45, 7) is 5.65. The van der Waals surface area contributed by atoms with Crippen LogP contribution in [-0.2, 0) is 24.7 Å². The molecule has 4 aromatic rings. The molecular formula is C31H32FN5O3. The first kappa shape index (κ1) is 26.1. The average Bonchev–Trinajstić information content (AvgIpc) is 3.32. The number of benzene rings is 2. The fourth-order valence-electron chi connectivity index (χ4n) is 6.65. The van der Waals surface area contributed by atoms with Crippen molar-refractivity contribution in [2.45, 2.75) is 58.4 Å². The standard InChI is InChI=1S/C31H32FN5O3/c1-17-25(19(3)37(5)33-17)21-11-9-20(10-12-21)15-24(38)29(36(4)30(39)28-18(2)34-40-35-28)27-26-22(7-6-8-23(26)32)16-31(27)13-14-31/h6-12,27,29H,13-16H2,1-5H3. The number of carbonyl (C=O) groups excluding carboxylic acids is 2. The Balaban J connectivity index is 1.36. The van der Waals surface area contributed by atoms with Crippen LogP contribution in [0.4, 0.5) is 4.39 Å². The summed E-state index contributed by atoms with van der Waals surface area (Å²) in [6.07, 6.45) is 2.60. The van der Waals surface area contributed by atoms with E-state index >= 15 is 4.39 Å². The van der Waals surface area contributed by atoms with Crippen LogP contribution in [0.25, 0.3) is 11.1 Å². The minimum Gasteiger partial charge on any atom is -0.329 e. The zero-order chi connectivity index (χ0) is 28.3. The SMILES string of the molecule is Cc1nonc1C(=O)N(C)C(C(=O)Cc1ccc(-c2c(C)nn(C)c2C)cc1)C1c2c(F)cccc2CC12CC2. The Hall–Kier alpha value is -4.14. The number of ketones is 1. The number of hydrogen-bond acceptors (Lipinski definition) is 6. The number of nitrogens with zero attached hydrogens (tertiary/aromatic N) is 5. The fourth-order valence-corrected chi connectivity index (χ4v) is 6.65. The Labute approximate surface area is 232 Å². The molecule has 8 nitrogen and oxygen atoms in total. The van der Waals surface area contributed by atoms with Crippen molar-refractivity contribution in [3.8, 4) is 11.1 Å². The number of Topliss-reactive ketones (excluding diaryl/α,β-unsaturated/α-hetero) is 1. The maximum Gasteiger partial charge on any atom is 0.278 e. The van der Waals surface area contributed by atoms with Gasteiger partial charge in [-0.3, -0.25) is 14.3 Å². The molecule has 0 bridgehead atoms. The molecule has 1 fully saturated rings. The summed E-state index contributed by atoms with van der Waals surface area (Å²) in [6, 6.07) is 12.1. The van der Waals surface area contributed by atoms with Crippen LogP contribution in [0.15, 0.2) is 47.1 Å². The first-order chi connectivity index (χ1) is 19.1. The molecule has 206 valence electrons. The van der Waals surface area contributed by atoms with Crippen LogP contribution < -0.4 is 0 Å². The summed E-state index contributed by atoms with van der Waals surface area (Å²) in [4.78, 5) is 29.2. The summed E-state index contributed by atoms with van der Waals surface area (Å²) in [7, 11) is 3.52. The molecule has 2 unspecified atom stereocenters. The lowest BCUT2D eigenvalue weighted by Gasteiger charge is -2.35. The summed E-state index contributed by atoms with van der Waals surface area (Å²) in [5, 5.41) is 12.0. The first-order valence-corrected chi connectivity index (χ1v) is 13.6. The Morgan fingerprint density at radius 1 is 1.10 bits per heavy atom. The van der Waals surface area contributed by atoms with E-state index in [1.807, 2.05) is 55.9 Å². The van der Waals surface area contributed by atoms with Crippen molar-refractivity contribution in [1.82, 2.24) is 25.0 Å². The van der Waals surface area contributed by atoms with Crippen molar-refractivity contribution in [3.05, 3.63) is 87.7 Å². The third-order valence-electron chi connectivity index (χ3n) is 8.92. The predicted octanol–water partition coefficient (Wildman–Crippen LogP) is 4.91. The highest BCUT2D eigenvalue weighted by Gasteiger charge is 2.60. The number of likely N-dealkylation sites (N-methyl/N-ethyl adjacent to an activating group) is 1. The molecule has 2 aromatic heterocycles. The van der Waals surface area contributed by atoms with Gasteiger partial charge >= 0.3 is 0 Å². The zero-order valence-electron chi connectivity index (χ0n) is 23.4. The van der Waals surface area contributed by atoms with E-state index in [0.29, 0.717) is 17.7 Å². The molecule has 0 N–H and O–H groups in total. The van der Waals surface area contributed by atoms with Gasteiger partial charge in [-0.2, -0.15) is 5.10 Å². The van der Waals surface area contributed by atoms with E-state index in [0.717, 1.165) is 46.5 Å². The van der Waals surface area contributed by atoms with E-state index in [2.05, 4.69) is 15.4 Å². The van der Waals surface area contributed by atoms with Crippen LogP contribution in [0.2, 0.25) is 0 Å². The van der Waals surface area contributed by atoms with Crippen molar-refractivity contribution in [2.75, 3.05) is 7.05 Å². The monoisotopic (exact) mass is 541 g/mol. The van der Waals surface area contributed by atoms with Crippen LogP contribution >= 0.6 is 0 Å². The molecule has 2 heterocycles. The number of fused-ring (bicyclic) bond motifs is 1. The van der Waals surface area contributed by atoms with Gasteiger partial charge in [-0.15, -0.1) is 0 Å². The van der Waals surface area contributed by atoms with Crippen LogP contribution in [0.3, 0.4) is 0 Å². The summed E-state index contributed by atoms with van der Waals surface area (Å²) >= 11 is 0. The molecule has 2 aliphatic carbocycles. The van der Waals surface area contributed by atoms with Crippen molar-refractivity contribution >= 4 is 11.7 Å². The van der Waals surface area contributed by atoms with Crippen LogP contribution in [0.5, 0.6) is 0 Å². The highest BCUT2D eigenvalue weighted by atomic mass is 19.1. The third kappa shape index (κ3) is 4.15. The minimum absolute atomic E-state index is 0.0588. The number of rotatable bonds is 7. The number of hydrogen-bond donors (Lipinski definition) is 0. The normalized spacial score (nSPS) is 17.6. The van der Waals surface area contributed by atoms with Crippen molar-refractivity contribution < 1.29 is 18.6 Å². The lowest BCUT2D eigenvalue weighted by molar-refractivity contribution is -0.123. The van der Waals surface area contributed by atoms with E-state index in [9.17, 15) is 9.59 Å². The highest BCUT2D eigenvalue weighted by molar-refractivity contribution is 5.98. The van der Waals surface area contributed by atoms with E-state index in [1.54, 1.807) is 20.0 Å². The average molecular weight is 542 g/mol. The molecule has 0 aliphatic heterocycles. The van der Waals surface area contributed by atoms with Crippen molar-refractivity contribution in [2.24, 2.45) is 12.5 Å². The molecule has 6 rings (SSSR count). The van der Waals surface area contributed by atoms with E-state index in [1.165, 1.54) is 11.0 Å². The Morgan fingerprint density at radius 3 is 2.42 bits per heavy atom. The second-order valence-corrected chi connectivity index (χ2v) is 11.4. The molecule has 0 saturated heterocycles. The van der Waals surface area contributed by atoms with Gasteiger partial charge < -0.3 is 4.90 Å². The molecule has 1 saturated carbocycles. The number of aromatic nitrogens is 4. The van der Waals surface area contributed by atoms with Gasteiger partial charge in [0.05, 0.1) is 11.7 Å². The van der Waals surface area contributed by atoms with Crippen molar-refractivity contribution in [3.63, 3.8) is 0 Å². The molecule has 0 radical (unpaired) electrons. The summed E-state index contributed by atoms with van der Waals surface area (Å²) < 4.78 is 22.0. The zero-order valence-corrected chi connectivity index (χ0v) is 23.4. The molecule has 1 amide bonds. The Morgan fingerprint density at radius 2 is 1.82 bits per heavy atom. The number of halogens is 1. The second-order valence-electron chi connectivity index (χ2n) is 11.4. The smallest absolute Gasteiger partial charge is 0.278 e. The lowest BCUT2D eigenvalue weighted by atomic mass is 9.79.